The van der Waals surface area contributed by atoms with Crippen LogP contribution in [-0.4, -0.2) is 24.6 Å². The number of amides is 2. The lowest BCUT2D eigenvalue weighted by Gasteiger charge is -2.42. The van der Waals surface area contributed by atoms with E-state index in [1.165, 1.54) is 24.8 Å². The van der Waals surface area contributed by atoms with E-state index in [1.807, 2.05) is 18.2 Å². The Hall–Kier alpha value is -3.09. The number of nitro groups is 1. The molecule has 0 radical (unpaired) electrons. The maximum absolute atomic E-state index is 12.3. The van der Waals surface area contributed by atoms with E-state index in [1.54, 1.807) is 6.07 Å². The molecule has 0 atom stereocenters. The zero-order chi connectivity index (χ0) is 18.6. The Bertz CT molecular complexity index is 804. The minimum atomic E-state index is -0.546. The molecule has 0 saturated heterocycles. The lowest BCUT2D eigenvalue weighted by atomic mass is 9.64. The van der Waals surface area contributed by atoms with Crippen molar-refractivity contribution in [3.63, 3.8) is 0 Å². The van der Waals surface area contributed by atoms with Crippen molar-refractivity contribution in [1.29, 1.82) is 0 Å². The van der Waals surface area contributed by atoms with Gasteiger partial charge in [0.05, 0.1) is 18.1 Å². The van der Waals surface area contributed by atoms with Gasteiger partial charge in [0.25, 0.3) is 5.69 Å². The van der Waals surface area contributed by atoms with Crippen molar-refractivity contribution in [2.75, 3.05) is 19.0 Å². The molecule has 0 heterocycles. The molecule has 0 spiro atoms. The summed E-state index contributed by atoms with van der Waals surface area (Å²) in [6.07, 6.45) is 3.15. The van der Waals surface area contributed by atoms with Gasteiger partial charge in [0.15, 0.2) is 0 Å². The molecule has 2 N–H and O–H groups in total. The zero-order valence-electron chi connectivity index (χ0n) is 14.5. The Balaban J connectivity index is 1.67. The highest BCUT2D eigenvalue weighted by atomic mass is 16.6. The molecule has 0 aromatic heterocycles. The molecule has 1 aliphatic rings. The second-order valence-corrected chi connectivity index (χ2v) is 6.45. The van der Waals surface area contributed by atoms with Crippen molar-refractivity contribution in [3.05, 3.63) is 64.2 Å². The van der Waals surface area contributed by atoms with Crippen molar-refractivity contribution in [3.8, 4) is 5.75 Å². The number of carbonyl (C=O) groups is 1. The second-order valence-electron chi connectivity index (χ2n) is 6.45. The molecule has 1 saturated carbocycles. The molecule has 1 fully saturated rings. The van der Waals surface area contributed by atoms with Gasteiger partial charge in [-0.25, -0.2) is 4.79 Å². The summed E-state index contributed by atoms with van der Waals surface area (Å²) in [6.45, 7) is 0.493. The van der Waals surface area contributed by atoms with E-state index in [-0.39, 0.29) is 16.8 Å². The van der Waals surface area contributed by atoms with Crippen LogP contribution in [-0.2, 0) is 5.41 Å². The Labute approximate surface area is 151 Å². The number of ether oxygens (including phenoxy) is 1. The lowest BCUT2D eigenvalue weighted by molar-refractivity contribution is -0.384. The fraction of sp³-hybridized carbons (Fsp3) is 0.316. The summed E-state index contributed by atoms with van der Waals surface area (Å²) >= 11 is 0. The van der Waals surface area contributed by atoms with Gasteiger partial charge >= 0.3 is 6.03 Å². The van der Waals surface area contributed by atoms with Crippen LogP contribution < -0.4 is 15.4 Å². The van der Waals surface area contributed by atoms with Crippen molar-refractivity contribution in [2.24, 2.45) is 0 Å². The second kappa shape index (κ2) is 7.43. The predicted molar refractivity (Wildman–Crippen MR) is 98.6 cm³/mol. The van der Waals surface area contributed by atoms with Gasteiger partial charge in [-0.15, -0.1) is 0 Å². The summed E-state index contributed by atoms with van der Waals surface area (Å²) in [6, 6.07) is 14.0. The van der Waals surface area contributed by atoms with Crippen LogP contribution >= 0.6 is 0 Å². The first-order valence-electron chi connectivity index (χ1n) is 8.47. The molecule has 3 rings (SSSR count). The molecular weight excluding hydrogens is 334 g/mol. The van der Waals surface area contributed by atoms with E-state index in [0.29, 0.717) is 12.3 Å². The smallest absolute Gasteiger partial charge is 0.319 e. The third-order valence-electron chi connectivity index (χ3n) is 4.93. The number of hydrogen-bond acceptors (Lipinski definition) is 4. The minimum absolute atomic E-state index is 0.0511. The molecule has 136 valence electrons. The van der Waals surface area contributed by atoms with E-state index in [2.05, 4.69) is 22.8 Å². The lowest BCUT2D eigenvalue weighted by Crippen LogP contribution is -2.46. The molecule has 2 aromatic carbocycles. The number of rotatable bonds is 6. The van der Waals surface area contributed by atoms with E-state index >= 15 is 0 Å². The molecule has 2 amide bonds. The fourth-order valence-electron chi connectivity index (χ4n) is 3.27. The average molecular weight is 355 g/mol. The van der Waals surface area contributed by atoms with Crippen LogP contribution in [0.15, 0.2) is 48.5 Å². The predicted octanol–water partition coefficient (Wildman–Crippen LogP) is 3.85. The highest BCUT2D eigenvalue weighted by molar-refractivity contribution is 5.92. The number of nitrogens with one attached hydrogen (secondary N) is 2. The number of anilines is 1. The van der Waals surface area contributed by atoms with Crippen LogP contribution in [0.2, 0.25) is 0 Å². The monoisotopic (exact) mass is 355 g/mol. The van der Waals surface area contributed by atoms with Gasteiger partial charge in [-0.1, -0.05) is 36.8 Å². The third-order valence-corrected chi connectivity index (χ3v) is 4.93. The van der Waals surface area contributed by atoms with Crippen LogP contribution in [0.3, 0.4) is 0 Å². The molecular formula is C19H21N3O4. The summed E-state index contributed by atoms with van der Waals surface area (Å²) in [7, 11) is 1.43. The van der Waals surface area contributed by atoms with Crippen LogP contribution in [0.25, 0.3) is 0 Å². The first kappa shape index (κ1) is 17.7. The normalized spacial score (nSPS) is 14.8. The van der Waals surface area contributed by atoms with Crippen molar-refractivity contribution in [2.45, 2.75) is 24.7 Å². The number of hydrogen-bond donors (Lipinski definition) is 2. The molecule has 1 aliphatic carbocycles. The summed E-state index contributed by atoms with van der Waals surface area (Å²) in [5.41, 5.74) is 1.09. The van der Waals surface area contributed by atoms with E-state index < -0.39 is 11.0 Å². The maximum Gasteiger partial charge on any atom is 0.319 e. The fourth-order valence-corrected chi connectivity index (χ4v) is 3.27. The number of benzene rings is 2. The third kappa shape index (κ3) is 3.61. The molecule has 2 aromatic rings. The van der Waals surface area contributed by atoms with E-state index in [4.69, 9.17) is 4.74 Å². The van der Waals surface area contributed by atoms with Gasteiger partial charge in [0.2, 0.25) is 0 Å². The Morgan fingerprint density at radius 2 is 1.96 bits per heavy atom. The molecule has 26 heavy (non-hydrogen) atoms. The maximum atomic E-state index is 12.3. The summed E-state index contributed by atoms with van der Waals surface area (Å²) in [5, 5.41) is 16.6. The van der Waals surface area contributed by atoms with Crippen molar-refractivity contribution < 1.29 is 14.5 Å². The SMILES string of the molecule is COc1ccc(NC(=O)NCC2(c3ccccc3)CCC2)c([N+](=O)[O-])c1. The summed E-state index contributed by atoms with van der Waals surface area (Å²) in [5.74, 6) is 0.361. The number of nitro benzene ring substituents is 1. The zero-order valence-corrected chi connectivity index (χ0v) is 14.5. The number of carbonyl (C=O) groups excluding carboxylic acids is 1. The Kier molecular flexibility index (Phi) is 5.06. The van der Waals surface area contributed by atoms with Gasteiger partial charge in [-0.2, -0.15) is 0 Å². The highest BCUT2D eigenvalue weighted by Crippen LogP contribution is 2.43. The van der Waals surface area contributed by atoms with Gasteiger partial charge < -0.3 is 15.4 Å². The molecule has 0 unspecified atom stereocenters. The molecule has 7 nitrogen and oxygen atoms in total. The Morgan fingerprint density at radius 1 is 1.23 bits per heavy atom. The van der Waals surface area contributed by atoms with Crippen molar-refractivity contribution >= 4 is 17.4 Å². The first-order chi connectivity index (χ1) is 12.5. The van der Waals surface area contributed by atoms with E-state index in [9.17, 15) is 14.9 Å². The van der Waals surface area contributed by atoms with Crippen LogP contribution in [0.5, 0.6) is 5.75 Å². The highest BCUT2D eigenvalue weighted by Gasteiger charge is 2.38. The van der Waals surface area contributed by atoms with E-state index in [0.717, 1.165) is 19.3 Å². The van der Waals surface area contributed by atoms with Crippen LogP contribution in [0.4, 0.5) is 16.2 Å². The molecule has 0 aliphatic heterocycles. The topological polar surface area (TPSA) is 93.5 Å². The molecule has 7 heteroatoms. The number of nitrogens with zero attached hydrogens (tertiary/aromatic N) is 1. The van der Waals surface area contributed by atoms with Crippen LogP contribution in [0.1, 0.15) is 24.8 Å². The van der Waals surface area contributed by atoms with Crippen LogP contribution in [0, 0.1) is 10.1 Å². The van der Waals surface area contributed by atoms with Gasteiger partial charge in [0, 0.05) is 12.0 Å². The largest absolute Gasteiger partial charge is 0.496 e. The van der Waals surface area contributed by atoms with Gasteiger partial charge in [-0.3, -0.25) is 10.1 Å². The minimum Gasteiger partial charge on any atom is -0.496 e. The summed E-state index contributed by atoms with van der Waals surface area (Å²) in [4.78, 5) is 22.9. The van der Waals surface area contributed by atoms with Crippen molar-refractivity contribution in [1.82, 2.24) is 5.32 Å². The van der Waals surface area contributed by atoms with Gasteiger partial charge in [0.1, 0.15) is 11.4 Å². The first-order valence-corrected chi connectivity index (χ1v) is 8.47. The quantitative estimate of drug-likeness (QED) is 0.608. The average Bonchev–Trinajstić information content (AvgIpc) is 2.62. The number of urea groups is 1. The summed E-state index contributed by atoms with van der Waals surface area (Å²) < 4.78 is 5.00. The number of methoxy groups -OCH3 is 1. The molecule has 0 bridgehead atoms. The Morgan fingerprint density at radius 3 is 2.54 bits per heavy atom. The standard InChI is InChI=1S/C19H21N3O4/c1-26-15-8-9-16(17(12-15)22(24)25)21-18(23)20-13-19(10-5-11-19)14-6-3-2-4-7-14/h2-4,6-9,12H,5,10-11,13H2,1H3,(H2,20,21,23). The van der Waals surface area contributed by atoms with Gasteiger partial charge in [-0.05, 0) is 30.5 Å².